The van der Waals surface area contributed by atoms with Crippen LogP contribution in [0.15, 0.2) is 176 Å². The van der Waals surface area contributed by atoms with Gasteiger partial charge in [-0.25, -0.2) is 0 Å². The molecule has 58 heavy (non-hydrogen) atoms. The van der Waals surface area contributed by atoms with Crippen LogP contribution in [-0.2, 0) is 16.4 Å². The van der Waals surface area contributed by atoms with Crippen molar-refractivity contribution in [3.05, 3.63) is 232 Å². The summed E-state index contributed by atoms with van der Waals surface area (Å²) in [6, 6.07) is 63.2. The number of fused-ring (bicyclic) bond motifs is 11. The molecule has 1 aliphatic heterocycles. The fourth-order valence-corrected chi connectivity index (χ4v) is 10.5. The van der Waals surface area contributed by atoms with Gasteiger partial charge in [-0.05, 0) is 97.4 Å². The van der Waals surface area contributed by atoms with E-state index in [0.717, 1.165) is 44.5 Å². The SMILES string of the molecule is COc1ccc(C2(c3ccc4c(c3)C(c3ccccc3)(c3ccccc3)c3ccccc3-4)C=Cc3c4c(c5ccccc5c3O2)-c2ccc(C#N)cc2C4(C)C)cc1. The Morgan fingerprint density at radius 2 is 1.17 bits per heavy atom. The Balaban J connectivity index is 1.20. The molecule has 0 fully saturated rings. The Kier molecular flexibility index (Phi) is 7.31. The van der Waals surface area contributed by atoms with Crippen LogP contribution in [0.4, 0.5) is 0 Å². The fourth-order valence-electron chi connectivity index (χ4n) is 10.5. The third kappa shape index (κ3) is 4.49. The monoisotopic (exact) mass is 745 g/mol. The second-order valence-corrected chi connectivity index (χ2v) is 16.2. The molecule has 3 nitrogen and oxygen atoms in total. The van der Waals surface area contributed by atoms with E-state index in [-0.39, 0.29) is 5.41 Å². The van der Waals surface area contributed by atoms with Gasteiger partial charge in [0.05, 0.1) is 24.2 Å². The van der Waals surface area contributed by atoms with Crippen LogP contribution in [-0.4, -0.2) is 7.11 Å². The minimum Gasteiger partial charge on any atom is -0.497 e. The number of rotatable bonds is 5. The summed E-state index contributed by atoms with van der Waals surface area (Å²) in [5, 5.41) is 12.1. The molecule has 0 radical (unpaired) electrons. The van der Waals surface area contributed by atoms with Crippen LogP contribution in [0.1, 0.15) is 69.5 Å². The first-order chi connectivity index (χ1) is 28.4. The maximum Gasteiger partial charge on any atom is 0.178 e. The highest BCUT2D eigenvalue weighted by Gasteiger charge is 2.49. The second-order valence-electron chi connectivity index (χ2n) is 16.2. The van der Waals surface area contributed by atoms with E-state index < -0.39 is 11.0 Å². The lowest BCUT2D eigenvalue weighted by Gasteiger charge is -2.39. The van der Waals surface area contributed by atoms with Crippen LogP contribution in [0.2, 0.25) is 0 Å². The van der Waals surface area contributed by atoms with Crippen LogP contribution in [0.3, 0.4) is 0 Å². The topological polar surface area (TPSA) is 42.2 Å². The molecule has 8 aromatic carbocycles. The first-order valence-corrected chi connectivity index (χ1v) is 19.9. The summed E-state index contributed by atoms with van der Waals surface area (Å²) in [5.41, 5.74) is 14.0. The van der Waals surface area contributed by atoms with Crippen molar-refractivity contribution in [1.29, 1.82) is 5.26 Å². The summed E-state index contributed by atoms with van der Waals surface area (Å²) in [6.45, 7) is 4.55. The fraction of sp³-hybridized carbons (Fsp3) is 0.109. The summed E-state index contributed by atoms with van der Waals surface area (Å²) in [6.07, 6.45) is 4.57. The van der Waals surface area contributed by atoms with E-state index in [1.54, 1.807) is 7.11 Å². The Labute approximate surface area is 339 Å². The van der Waals surface area contributed by atoms with E-state index in [0.29, 0.717) is 5.56 Å². The first-order valence-electron chi connectivity index (χ1n) is 19.9. The molecule has 0 bridgehead atoms. The molecule has 0 saturated carbocycles. The normalized spacial score (nSPS) is 17.3. The third-order valence-electron chi connectivity index (χ3n) is 13.1. The van der Waals surface area contributed by atoms with E-state index in [1.807, 2.05) is 18.2 Å². The van der Waals surface area contributed by atoms with Crippen molar-refractivity contribution in [2.75, 3.05) is 7.11 Å². The molecule has 0 aromatic heterocycles. The molecule has 0 spiro atoms. The van der Waals surface area contributed by atoms with Crippen LogP contribution in [0.25, 0.3) is 39.1 Å². The molecule has 276 valence electrons. The Bertz CT molecular complexity index is 3000. The molecule has 1 unspecified atom stereocenters. The molecule has 8 aromatic rings. The quantitative estimate of drug-likeness (QED) is 0.176. The number of nitriles is 1. The molecule has 1 atom stereocenters. The van der Waals surface area contributed by atoms with E-state index >= 15 is 0 Å². The van der Waals surface area contributed by atoms with Gasteiger partial charge in [-0.2, -0.15) is 5.26 Å². The minimum absolute atomic E-state index is 0.371. The summed E-state index contributed by atoms with van der Waals surface area (Å²) in [4.78, 5) is 0. The number of benzene rings is 8. The number of hydrogen-bond donors (Lipinski definition) is 0. The number of ether oxygens (including phenoxy) is 2. The molecule has 0 saturated heterocycles. The minimum atomic E-state index is -0.997. The van der Waals surface area contributed by atoms with E-state index in [1.165, 1.54) is 50.1 Å². The lowest BCUT2D eigenvalue weighted by molar-refractivity contribution is 0.163. The molecular formula is C55H39NO2. The zero-order valence-electron chi connectivity index (χ0n) is 32.6. The van der Waals surface area contributed by atoms with Crippen molar-refractivity contribution in [3.8, 4) is 39.8 Å². The predicted octanol–water partition coefficient (Wildman–Crippen LogP) is 12.7. The second kappa shape index (κ2) is 12.4. The lowest BCUT2D eigenvalue weighted by atomic mass is 9.67. The van der Waals surface area contributed by atoms with Gasteiger partial charge in [0.25, 0.3) is 0 Å². The molecule has 0 amide bonds. The smallest absolute Gasteiger partial charge is 0.178 e. The maximum atomic E-state index is 9.91. The van der Waals surface area contributed by atoms with Crippen molar-refractivity contribution in [1.82, 2.24) is 0 Å². The van der Waals surface area contributed by atoms with Gasteiger partial charge < -0.3 is 9.47 Å². The number of hydrogen-bond acceptors (Lipinski definition) is 3. The Morgan fingerprint density at radius 1 is 0.552 bits per heavy atom. The standard InChI is InChI=1S/C55H39NO2/c1-53(2)48-32-35(34-56)22-28-45(48)50-43-19-10-11-20-44(43)52-46(51(50)53)30-31-54(58-52,36-23-26-40(57-3)27-24-36)39-25-29-42-41-18-12-13-21-47(41)55(49(42)33-39,37-14-6-4-7-15-37)38-16-8-5-9-17-38/h4-33H,1-3H3. The van der Waals surface area contributed by atoms with E-state index in [9.17, 15) is 5.26 Å². The molecule has 0 N–H and O–H groups in total. The van der Waals surface area contributed by atoms with Crippen molar-refractivity contribution in [2.24, 2.45) is 0 Å². The third-order valence-corrected chi connectivity index (χ3v) is 13.1. The van der Waals surface area contributed by atoms with Gasteiger partial charge >= 0.3 is 0 Å². The van der Waals surface area contributed by atoms with Crippen molar-refractivity contribution in [2.45, 2.75) is 30.3 Å². The van der Waals surface area contributed by atoms with Gasteiger partial charge in [0.1, 0.15) is 11.5 Å². The zero-order valence-corrected chi connectivity index (χ0v) is 32.6. The van der Waals surface area contributed by atoms with Crippen LogP contribution in [0.5, 0.6) is 11.5 Å². The molecule has 3 heteroatoms. The largest absolute Gasteiger partial charge is 0.497 e. The molecular weight excluding hydrogens is 707 g/mol. The summed E-state index contributed by atoms with van der Waals surface area (Å²) >= 11 is 0. The van der Waals surface area contributed by atoms with Gasteiger partial charge in [-0.3, -0.25) is 0 Å². The van der Waals surface area contributed by atoms with Gasteiger partial charge in [0.15, 0.2) is 5.60 Å². The van der Waals surface area contributed by atoms with Crippen LogP contribution in [0, 0.1) is 11.3 Å². The average Bonchev–Trinajstić information content (AvgIpc) is 3.72. The molecule has 2 aliphatic carbocycles. The molecule has 1 heterocycles. The highest BCUT2D eigenvalue weighted by molar-refractivity contribution is 6.08. The molecule has 3 aliphatic rings. The summed E-state index contributed by atoms with van der Waals surface area (Å²) < 4.78 is 13.4. The Morgan fingerprint density at radius 3 is 1.88 bits per heavy atom. The number of methoxy groups -OCH3 is 1. The molecule has 11 rings (SSSR count). The van der Waals surface area contributed by atoms with Crippen LogP contribution < -0.4 is 9.47 Å². The highest BCUT2D eigenvalue weighted by atomic mass is 16.5. The van der Waals surface area contributed by atoms with Crippen molar-refractivity contribution in [3.63, 3.8) is 0 Å². The predicted molar refractivity (Wildman–Crippen MR) is 233 cm³/mol. The Hall–Kier alpha value is -7.15. The summed E-state index contributed by atoms with van der Waals surface area (Å²) in [5.74, 6) is 1.64. The number of nitrogens with zero attached hydrogens (tertiary/aromatic N) is 1. The zero-order chi connectivity index (χ0) is 39.2. The lowest BCUT2D eigenvalue weighted by Crippen LogP contribution is -2.36. The first kappa shape index (κ1) is 34.1. The van der Waals surface area contributed by atoms with Gasteiger partial charge in [0.2, 0.25) is 0 Å². The van der Waals surface area contributed by atoms with Crippen molar-refractivity contribution >= 4 is 16.8 Å². The van der Waals surface area contributed by atoms with Gasteiger partial charge in [-0.15, -0.1) is 0 Å². The average molecular weight is 746 g/mol. The van der Waals surface area contributed by atoms with E-state index in [2.05, 4.69) is 184 Å². The van der Waals surface area contributed by atoms with E-state index in [4.69, 9.17) is 9.47 Å². The van der Waals surface area contributed by atoms with Crippen molar-refractivity contribution < 1.29 is 9.47 Å². The van der Waals surface area contributed by atoms with Crippen LogP contribution >= 0.6 is 0 Å². The van der Waals surface area contributed by atoms with Gasteiger partial charge in [0, 0.05) is 27.5 Å². The summed E-state index contributed by atoms with van der Waals surface area (Å²) in [7, 11) is 1.70. The van der Waals surface area contributed by atoms with Gasteiger partial charge in [-0.1, -0.05) is 159 Å². The maximum absolute atomic E-state index is 9.91. The highest BCUT2D eigenvalue weighted by Crippen LogP contribution is 2.60.